The van der Waals surface area contributed by atoms with E-state index in [0.29, 0.717) is 12.2 Å². The van der Waals surface area contributed by atoms with Gasteiger partial charge in [-0.15, -0.1) is 0 Å². The summed E-state index contributed by atoms with van der Waals surface area (Å²) in [4.78, 5) is 19.1. The Balaban J connectivity index is 1.51. The third kappa shape index (κ3) is 3.00. The van der Waals surface area contributed by atoms with Crippen LogP contribution in [0.2, 0.25) is 0 Å². The van der Waals surface area contributed by atoms with E-state index >= 15 is 0 Å². The van der Waals surface area contributed by atoms with Gasteiger partial charge in [-0.05, 0) is 38.8 Å². The number of amides is 1. The molecule has 26 heavy (non-hydrogen) atoms. The first-order chi connectivity index (χ1) is 12.6. The predicted octanol–water partition coefficient (Wildman–Crippen LogP) is 3.10. The maximum Gasteiger partial charge on any atom is 0.271 e. The minimum absolute atomic E-state index is 0.000425. The van der Waals surface area contributed by atoms with Gasteiger partial charge >= 0.3 is 0 Å². The zero-order valence-electron chi connectivity index (χ0n) is 14.9. The van der Waals surface area contributed by atoms with Crippen LogP contribution in [0.25, 0.3) is 11.1 Å². The molecule has 4 heterocycles. The molecule has 3 aromatic rings. The molecule has 0 saturated carbocycles. The molecule has 0 spiro atoms. The summed E-state index contributed by atoms with van der Waals surface area (Å²) in [6.45, 7) is 5.28. The molecule has 1 atom stereocenters. The van der Waals surface area contributed by atoms with Crippen LogP contribution < -0.4 is 0 Å². The molecule has 0 aliphatic carbocycles. The van der Waals surface area contributed by atoms with E-state index in [0.717, 1.165) is 47.7 Å². The molecule has 4 rings (SSSR count). The van der Waals surface area contributed by atoms with Crippen molar-refractivity contribution in [1.29, 1.82) is 0 Å². The molecule has 0 radical (unpaired) electrons. The molecule has 0 bridgehead atoms. The van der Waals surface area contributed by atoms with Gasteiger partial charge in [-0.1, -0.05) is 11.2 Å². The summed E-state index contributed by atoms with van der Waals surface area (Å²) in [7, 11) is 0. The lowest BCUT2D eigenvalue weighted by atomic mass is 9.93. The lowest BCUT2D eigenvalue weighted by molar-refractivity contribution is 0.0700. The molecule has 1 amide bonds. The second kappa shape index (κ2) is 6.74. The number of aromatic nitrogens is 4. The van der Waals surface area contributed by atoms with Gasteiger partial charge < -0.3 is 9.42 Å². The minimum atomic E-state index is -0.000425. The Kier molecular flexibility index (Phi) is 4.28. The summed E-state index contributed by atoms with van der Waals surface area (Å²) in [5, 5.41) is 10.6. The monoisotopic (exact) mass is 351 g/mol. The van der Waals surface area contributed by atoms with Crippen LogP contribution in [0, 0.1) is 13.8 Å². The number of aromatic amines is 1. The fraction of sp³-hybridized carbons (Fsp3) is 0.368. The number of nitrogens with zero attached hydrogens (tertiary/aromatic N) is 4. The molecule has 3 aromatic heterocycles. The average molecular weight is 351 g/mol. The molecule has 0 aromatic carbocycles. The van der Waals surface area contributed by atoms with Gasteiger partial charge in [0.25, 0.3) is 5.91 Å². The van der Waals surface area contributed by atoms with Crippen LogP contribution >= 0.6 is 0 Å². The van der Waals surface area contributed by atoms with E-state index in [9.17, 15) is 4.79 Å². The number of carbonyl (C=O) groups excluding carboxylic acids is 1. The summed E-state index contributed by atoms with van der Waals surface area (Å²) in [5.41, 5.74) is 4.43. The number of hydrogen-bond acceptors (Lipinski definition) is 5. The van der Waals surface area contributed by atoms with Gasteiger partial charge in [-0.3, -0.25) is 14.9 Å². The number of carbonyl (C=O) groups is 1. The largest absolute Gasteiger partial charge is 0.361 e. The van der Waals surface area contributed by atoms with E-state index in [-0.39, 0.29) is 11.8 Å². The topological polar surface area (TPSA) is 87.9 Å². The first kappa shape index (κ1) is 16.5. The molecular formula is C19H21N5O2. The normalized spacial score (nSPS) is 17.5. The molecule has 1 aliphatic heterocycles. The Morgan fingerprint density at radius 1 is 1.31 bits per heavy atom. The van der Waals surface area contributed by atoms with Gasteiger partial charge in [-0.25, -0.2) is 0 Å². The SMILES string of the molecule is Cc1noc(C)c1-c1ccc([C@H]2CCCN(C(=O)c3ccn[nH]3)C2)nc1. The van der Waals surface area contributed by atoms with Crippen molar-refractivity contribution in [1.82, 2.24) is 25.2 Å². The summed E-state index contributed by atoms with van der Waals surface area (Å²) >= 11 is 0. The quantitative estimate of drug-likeness (QED) is 0.783. The highest BCUT2D eigenvalue weighted by atomic mass is 16.5. The first-order valence-corrected chi connectivity index (χ1v) is 8.81. The van der Waals surface area contributed by atoms with Gasteiger partial charge in [0.1, 0.15) is 11.5 Å². The minimum Gasteiger partial charge on any atom is -0.361 e. The smallest absolute Gasteiger partial charge is 0.271 e. The number of piperidine rings is 1. The van der Waals surface area contributed by atoms with Crippen molar-refractivity contribution in [3.05, 3.63) is 53.4 Å². The Labute approximate surface area is 151 Å². The number of aryl methyl sites for hydroxylation is 2. The van der Waals surface area contributed by atoms with Crippen LogP contribution in [-0.4, -0.2) is 44.2 Å². The maximum absolute atomic E-state index is 12.5. The number of rotatable bonds is 3. The first-order valence-electron chi connectivity index (χ1n) is 8.81. The number of pyridine rings is 1. The highest BCUT2D eigenvalue weighted by Gasteiger charge is 2.27. The number of hydrogen-bond donors (Lipinski definition) is 1. The fourth-order valence-electron chi connectivity index (χ4n) is 3.64. The van der Waals surface area contributed by atoms with Crippen LogP contribution in [0.3, 0.4) is 0 Å². The average Bonchev–Trinajstić information content (AvgIpc) is 3.32. The van der Waals surface area contributed by atoms with E-state index in [4.69, 9.17) is 4.52 Å². The molecule has 1 N–H and O–H groups in total. The molecule has 7 nitrogen and oxygen atoms in total. The van der Waals surface area contributed by atoms with Crippen molar-refractivity contribution in [2.75, 3.05) is 13.1 Å². The third-order valence-electron chi connectivity index (χ3n) is 4.97. The zero-order chi connectivity index (χ0) is 18.1. The maximum atomic E-state index is 12.5. The Hall–Kier alpha value is -2.96. The molecule has 1 saturated heterocycles. The summed E-state index contributed by atoms with van der Waals surface area (Å²) in [5.74, 6) is 1.04. The summed E-state index contributed by atoms with van der Waals surface area (Å²) in [6, 6.07) is 5.82. The van der Waals surface area contributed by atoms with E-state index in [1.54, 1.807) is 12.3 Å². The number of H-pyrrole nitrogens is 1. The van der Waals surface area contributed by atoms with Crippen molar-refractivity contribution in [2.45, 2.75) is 32.6 Å². The van der Waals surface area contributed by atoms with Gasteiger partial charge in [0.15, 0.2) is 0 Å². The van der Waals surface area contributed by atoms with Crippen LogP contribution in [0.1, 0.15) is 46.4 Å². The number of likely N-dealkylation sites (tertiary alicyclic amines) is 1. The van der Waals surface area contributed by atoms with Gasteiger partial charge in [-0.2, -0.15) is 5.10 Å². The Bertz CT molecular complexity index is 879. The van der Waals surface area contributed by atoms with E-state index in [2.05, 4.69) is 32.5 Å². The van der Waals surface area contributed by atoms with Gasteiger partial charge in [0.05, 0.1) is 5.69 Å². The lowest BCUT2D eigenvalue weighted by Crippen LogP contribution is -2.39. The van der Waals surface area contributed by atoms with E-state index < -0.39 is 0 Å². The fourth-order valence-corrected chi connectivity index (χ4v) is 3.64. The van der Waals surface area contributed by atoms with Crippen LogP contribution in [0.4, 0.5) is 0 Å². The van der Waals surface area contributed by atoms with Crippen molar-refractivity contribution < 1.29 is 9.32 Å². The highest BCUT2D eigenvalue weighted by molar-refractivity contribution is 5.92. The van der Waals surface area contributed by atoms with Gasteiger partial charge in [0.2, 0.25) is 0 Å². The molecule has 7 heteroatoms. The molecule has 134 valence electrons. The molecule has 1 aliphatic rings. The third-order valence-corrected chi connectivity index (χ3v) is 4.97. The second-order valence-electron chi connectivity index (χ2n) is 6.73. The standard InChI is InChI=1S/C19H21N5O2/c1-12-18(13(2)26-23-12)14-5-6-16(20-10-14)15-4-3-9-24(11-15)19(25)17-7-8-21-22-17/h5-8,10,15H,3-4,9,11H2,1-2H3,(H,21,22)/t15-/m0/s1. The van der Waals surface area contributed by atoms with Crippen molar-refractivity contribution in [2.24, 2.45) is 0 Å². The van der Waals surface area contributed by atoms with Crippen LogP contribution in [0.15, 0.2) is 35.1 Å². The van der Waals surface area contributed by atoms with Crippen molar-refractivity contribution >= 4 is 5.91 Å². The second-order valence-corrected chi connectivity index (χ2v) is 6.73. The van der Waals surface area contributed by atoms with E-state index in [1.807, 2.05) is 24.9 Å². The Morgan fingerprint density at radius 2 is 2.19 bits per heavy atom. The lowest BCUT2D eigenvalue weighted by Gasteiger charge is -2.32. The van der Waals surface area contributed by atoms with E-state index in [1.165, 1.54) is 0 Å². The van der Waals surface area contributed by atoms with Crippen LogP contribution in [-0.2, 0) is 0 Å². The molecular weight excluding hydrogens is 330 g/mol. The highest BCUT2D eigenvalue weighted by Crippen LogP contribution is 2.30. The number of nitrogens with one attached hydrogen (secondary N) is 1. The summed E-state index contributed by atoms with van der Waals surface area (Å²) in [6.07, 6.45) is 5.48. The summed E-state index contributed by atoms with van der Waals surface area (Å²) < 4.78 is 5.24. The predicted molar refractivity (Wildman–Crippen MR) is 95.7 cm³/mol. The zero-order valence-corrected chi connectivity index (χ0v) is 14.9. The molecule has 0 unspecified atom stereocenters. The van der Waals surface area contributed by atoms with Crippen molar-refractivity contribution in [3.63, 3.8) is 0 Å². The molecule has 1 fully saturated rings. The van der Waals surface area contributed by atoms with Crippen molar-refractivity contribution in [3.8, 4) is 11.1 Å². The van der Waals surface area contributed by atoms with Gasteiger partial charge in [0, 0.05) is 48.2 Å². The van der Waals surface area contributed by atoms with Crippen LogP contribution in [0.5, 0.6) is 0 Å². The Morgan fingerprint density at radius 3 is 2.85 bits per heavy atom.